The molecule has 2 aromatic rings. The van der Waals surface area contributed by atoms with Crippen LogP contribution in [0.4, 0.5) is 0 Å². The smallest absolute Gasteiger partial charge is 0.221 e. The van der Waals surface area contributed by atoms with E-state index in [2.05, 4.69) is 15.6 Å². The van der Waals surface area contributed by atoms with Gasteiger partial charge in [-0.2, -0.15) is 0 Å². The van der Waals surface area contributed by atoms with Crippen molar-refractivity contribution >= 4 is 16.8 Å². The van der Waals surface area contributed by atoms with Gasteiger partial charge in [-0.05, 0) is 19.1 Å². The van der Waals surface area contributed by atoms with Gasteiger partial charge in [-0.25, -0.2) is 4.98 Å². The van der Waals surface area contributed by atoms with Crippen LogP contribution in [-0.4, -0.2) is 49.8 Å². The molecule has 1 aromatic heterocycles. The first-order chi connectivity index (χ1) is 11.7. The lowest BCUT2D eigenvalue weighted by molar-refractivity contribution is -0.122. The lowest BCUT2D eigenvalue weighted by Crippen LogP contribution is -2.44. The highest BCUT2D eigenvalue weighted by Gasteiger charge is 2.16. The minimum absolute atomic E-state index is 0.00786. The first-order valence-electron chi connectivity index (χ1n) is 8.29. The standard InChI is InChI=1S/C18H23N3O3/c1-13-5-6-14-3-2-4-16(18(14)21-13)24-10-8-20-17(22)11-15-12-23-9-7-19-15/h2-6,15,19H,7-12H2,1H3,(H,20,22)/t15-/m1/s1. The molecule has 1 aromatic carbocycles. The van der Waals surface area contributed by atoms with Crippen molar-refractivity contribution in [2.45, 2.75) is 19.4 Å². The van der Waals surface area contributed by atoms with Crippen molar-refractivity contribution in [3.63, 3.8) is 0 Å². The number of amides is 1. The molecule has 6 nitrogen and oxygen atoms in total. The van der Waals surface area contributed by atoms with Crippen molar-refractivity contribution in [2.75, 3.05) is 32.9 Å². The number of morpholine rings is 1. The summed E-state index contributed by atoms with van der Waals surface area (Å²) in [6, 6.07) is 9.98. The highest BCUT2D eigenvalue weighted by Crippen LogP contribution is 2.23. The molecule has 128 valence electrons. The molecule has 2 heterocycles. The second-order valence-corrected chi connectivity index (χ2v) is 5.91. The van der Waals surface area contributed by atoms with Gasteiger partial charge in [0.25, 0.3) is 0 Å². The average molecular weight is 329 g/mol. The number of hydrogen-bond acceptors (Lipinski definition) is 5. The molecule has 3 rings (SSSR count). The molecule has 0 bridgehead atoms. The zero-order chi connectivity index (χ0) is 16.8. The minimum Gasteiger partial charge on any atom is -0.489 e. The number of ether oxygens (including phenoxy) is 2. The van der Waals surface area contributed by atoms with Crippen LogP contribution < -0.4 is 15.4 Å². The van der Waals surface area contributed by atoms with Gasteiger partial charge in [-0.15, -0.1) is 0 Å². The normalized spacial score (nSPS) is 17.6. The van der Waals surface area contributed by atoms with Gasteiger partial charge in [0.15, 0.2) is 0 Å². The van der Waals surface area contributed by atoms with Gasteiger partial charge in [0, 0.05) is 30.1 Å². The Kier molecular flexibility index (Phi) is 5.61. The van der Waals surface area contributed by atoms with Crippen LogP contribution in [0.2, 0.25) is 0 Å². The second-order valence-electron chi connectivity index (χ2n) is 5.91. The summed E-state index contributed by atoms with van der Waals surface area (Å²) in [7, 11) is 0. The van der Waals surface area contributed by atoms with Crippen LogP contribution in [-0.2, 0) is 9.53 Å². The van der Waals surface area contributed by atoms with Crippen LogP contribution in [0.5, 0.6) is 5.75 Å². The monoisotopic (exact) mass is 329 g/mol. The van der Waals surface area contributed by atoms with Crippen LogP contribution in [0.25, 0.3) is 10.9 Å². The number of carbonyl (C=O) groups excluding carboxylic acids is 1. The van der Waals surface area contributed by atoms with E-state index < -0.39 is 0 Å². The summed E-state index contributed by atoms with van der Waals surface area (Å²) < 4.78 is 11.1. The molecule has 0 aliphatic carbocycles. The summed E-state index contributed by atoms with van der Waals surface area (Å²) in [5, 5.41) is 7.19. The number of aromatic nitrogens is 1. The number of aryl methyl sites for hydroxylation is 1. The van der Waals surface area contributed by atoms with Crippen LogP contribution in [0.1, 0.15) is 12.1 Å². The number of benzene rings is 1. The Labute approximate surface area is 141 Å². The van der Waals surface area contributed by atoms with Crippen molar-refractivity contribution < 1.29 is 14.3 Å². The van der Waals surface area contributed by atoms with E-state index in [9.17, 15) is 4.79 Å². The number of para-hydroxylation sites is 1. The SMILES string of the molecule is Cc1ccc2cccc(OCCNC(=O)C[C@@H]3COCCN3)c2n1. The van der Waals surface area contributed by atoms with Gasteiger partial charge in [0.2, 0.25) is 5.91 Å². The van der Waals surface area contributed by atoms with E-state index in [1.54, 1.807) is 0 Å². The fourth-order valence-electron chi connectivity index (χ4n) is 2.73. The first-order valence-corrected chi connectivity index (χ1v) is 8.29. The average Bonchev–Trinajstić information content (AvgIpc) is 2.60. The summed E-state index contributed by atoms with van der Waals surface area (Å²) in [4.78, 5) is 16.4. The van der Waals surface area contributed by atoms with Crippen molar-refractivity contribution in [2.24, 2.45) is 0 Å². The lowest BCUT2D eigenvalue weighted by atomic mass is 10.2. The molecule has 1 saturated heterocycles. The Morgan fingerprint density at radius 2 is 2.33 bits per heavy atom. The maximum absolute atomic E-state index is 11.9. The lowest BCUT2D eigenvalue weighted by Gasteiger charge is -2.23. The van der Waals surface area contributed by atoms with Gasteiger partial charge in [0.05, 0.1) is 19.8 Å². The molecule has 0 spiro atoms. The molecule has 1 fully saturated rings. The van der Waals surface area contributed by atoms with Crippen molar-refractivity contribution in [3.05, 3.63) is 36.0 Å². The molecule has 24 heavy (non-hydrogen) atoms. The highest BCUT2D eigenvalue weighted by atomic mass is 16.5. The molecule has 0 unspecified atom stereocenters. The molecule has 1 atom stereocenters. The number of nitrogens with one attached hydrogen (secondary N) is 2. The van der Waals surface area contributed by atoms with Gasteiger partial charge >= 0.3 is 0 Å². The molecule has 1 aliphatic rings. The Hall–Kier alpha value is -2.18. The molecular formula is C18H23N3O3. The second kappa shape index (κ2) is 8.08. The van der Waals surface area contributed by atoms with E-state index in [4.69, 9.17) is 9.47 Å². The molecule has 1 aliphatic heterocycles. The number of hydrogen-bond donors (Lipinski definition) is 2. The topological polar surface area (TPSA) is 72.5 Å². The summed E-state index contributed by atoms with van der Waals surface area (Å²) in [5.74, 6) is 0.751. The number of fused-ring (bicyclic) bond motifs is 1. The molecule has 1 amide bonds. The molecule has 2 N–H and O–H groups in total. The Bertz CT molecular complexity index is 699. The number of carbonyl (C=O) groups is 1. The molecule has 0 saturated carbocycles. The third-order valence-corrected chi connectivity index (χ3v) is 3.93. The fourth-order valence-corrected chi connectivity index (χ4v) is 2.73. The fraction of sp³-hybridized carbons (Fsp3) is 0.444. The number of nitrogens with zero attached hydrogens (tertiary/aromatic N) is 1. The highest BCUT2D eigenvalue weighted by molar-refractivity contribution is 5.84. The third kappa shape index (κ3) is 4.43. The van der Waals surface area contributed by atoms with E-state index >= 15 is 0 Å². The maximum Gasteiger partial charge on any atom is 0.221 e. The van der Waals surface area contributed by atoms with E-state index in [-0.39, 0.29) is 11.9 Å². The van der Waals surface area contributed by atoms with Crippen LogP contribution in [0.3, 0.4) is 0 Å². The molecule has 0 radical (unpaired) electrons. The van der Waals surface area contributed by atoms with E-state index in [0.717, 1.165) is 28.9 Å². The molecule has 6 heteroatoms. The van der Waals surface area contributed by atoms with Crippen LogP contribution in [0, 0.1) is 6.92 Å². The third-order valence-electron chi connectivity index (χ3n) is 3.93. The van der Waals surface area contributed by atoms with Crippen molar-refractivity contribution in [3.8, 4) is 5.75 Å². The Morgan fingerprint density at radius 3 is 3.17 bits per heavy atom. The number of rotatable bonds is 6. The van der Waals surface area contributed by atoms with Crippen molar-refractivity contribution in [1.82, 2.24) is 15.6 Å². The first kappa shape index (κ1) is 16.7. The Morgan fingerprint density at radius 1 is 1.42 bits per heavy atom. The van der Waals surface area contributed by atoms with Crippen LogP contribution >= 0.6 is 0 Å². The predicted octanol–water partition coefficient (Wildman–Crippen LogP) is 1.42. The summed E-state index contributed by atoms with van der Waals surface area (Å²) >= 11 is 0. The molecular weight excluding hydrogens is 306 g/mol. The summed E-state index contributed by atoms with van der Waals surface area (Å²) in [6.07, 6.45) is 0.426. The van der Waals surface area contributed by atoms with E-state index in [0.29, 0.717) is 32.8 Å². The van der Waals surface area contributed by atoms with Crippen molar-refractivity contribution in [1.29, 1.82) is 0 Å². The minimum atomic E-state index is 0.00786. The Balaban J connectivity index is 1.46. The van der Waals surface area contributed by atoms with Gasteiger partial charge < -0.3 is 20.1 Å². The number of pyridine rings is 1. The van der Waals surface area contributed by atoms with Gasteiger partial charge in [0.1, 0.15) is 17.9 Å². The zero-order valence-corrected chi connectivity index (χ0v) is 13.9. The maximum atomic E-state index is 11.9. The predicted molar refractivity (Wildman–Crippen MR) is 92.2 cm³/mol. The summed E-state index contributed by atoms with van der Waals surface area (Å²) in [6.45, 7) is 4.94. The van der Waals surface area contributed by atoms with Gasteiger partial charge in [-0.1, -0.05) is 18.2 Å². The van der Waals surface area contributed by atoms with E-state index in [1.165, 1.54) is 0 Å². The zero-order valence-electron chi connectivity index (χ0n) is 13.9. The van der Waals surface area contributed by atoms with Crippen LogP contribution in [0.15, 0.2) is 30.3 Å². The summed E-state index contributed by atoms with van der Waals surface area (Å²) in [5.41, 5.74) is 1.81. The van der Waals surface area contributed by atoms with E-state index in [1.807, 2.05) is 37.3 Å². The largest absolute Gasteiger partial charge is 0.489 e. The quantitative estimate of drug-likeness (QED) is 0.784. The van der Waals surface area contributed by atoms with Gasteiger partial charge in [-0.3, -0.25) is 4.79 Å².